The van der Waals surface area contributed by atoms with Gasteiger partial charge in [-0.3, -0.25) is 9.36 Å². The number of aliphatic hydroxyl groups excluding tert-OH is 1. The molecule has 0 amide bonds. The van der Waals surface area contributed by atoms with Gasteiger partial charge < -0.3 is 28.1 Å². The zero-order valence-corrected chi connectivity index (χ0v) is 32.6. The minimum absolute atomic E-state index is 0.00177. The predicted molar refractivity (Wildman–Crippen MR) is 199 cm³/mol. The highest BCUT2D eigenvalue weighted by atomic mass is 31.2. The van der Waals surface area contributed by atoms with Crippen molar-refractivity contribution in [1.29, 1.82) is 0 Å². The van der Waals surface area contributed by atoms with Crippen molar-refractivity contribution in [2.45, 2.75) is 89.6 Å². The molecule has 0 heterocycles. The number of ketones is 1. The number of benzene rings is 2. The van der Waals surface area contributed by atoms with Gasteiger partial charge in [-0.25, -0.2) is 0 Å². The lowest BCUT2D eigenvalue weighted by Gasteiger charge is -2.45. The third-order valence-corrected chi connectivity index (χ3v) is 16.0. The van der Waals surface area contributed by atoms with Gasteiger partial charge in [0.1, 0.15) is 36.5 Å². The van der Waals surface area contributed by atoms with Gasteiger partial charge in [0.2, 0.25) is 0 Å². The molecule has 2 aromatic rings. The molecule has 10 heteroatoms. The Hall–Kier alpha value is -2.82. The number of hydrogen-bond donors (Lipinski definition) is 1. The quantitative estimate of drug-likeness (QED) is 0.0615. The first kappa shape index (κ1) is 42.3. The molecule has 1 N–H and O–H groups in total. The molecule has 49 heavy (non-hydrogen) atoms. The second kappa shape index (κ2) is 19.5. The maximum Gasteiger partial charge on any atom is 0.340 e. The monoisotopic (exact) mass is 710 g/mol. The number of allylic oxidation sites excluding steroid dienone is 1. The fourth-order valence-electron chi connectivity index (χ4n) is 5.88. The van der Waals surface area contributed by atoms with Crippen molar-refractivity contribution in [3.05, 3.63) is 72.8 Å². The van der Waals surface area contributed by atoms with Gasteiger partial charge in [0, 0.05) is 40.6 Å². The van der Waals surface area contributed by atoms with Crippen LogP contribution < -0.4 is 10.4 Å². The van der Waals surface area contributed by atoms with E-state index in [0.29, 0.717) is 12.8 Å². The summed E-state index contributed by atoms with van der Waals surface area (Å²) in [6, 6.07) is 20.6. The summed E-state index contributed by atoms with van der Waals surface area (Å²) in [4.78, 5) is 13.1. The summed E-state index contributed by atoms with van der Waals surface area (Å²) in [6.45, 7) is 15.7. The van der Waals surface area contributed by atoms with E-state index in [0.717, 1.165) is 15.9 Å². The molecule has 0 aromatic heterocycles. The molecule has 2 rings (SSSR count). The highest BCUT2D eigenvalue weighted by Crippen LogP contribution is 2.52. The zero-order valence-electron chi connectivity index (χ0n) is 30.7. The predicted octanol–water partition coefficient (Wildman–Crippen LogP) is 6.51. The summed E-state index contributed by atoms with van der Waals surface area (Å²) >= 11 is 0. The number of aliphatic hydroxyl groups is 1. The largest absolute Gasteiger partial charge is 0.394 e. The Morgan fingerprint density at radius 2 is 1.51 bits per heavy atom. The summed E-state index contributed by atoms with van der Waals surface area (Å²) in [5, 5.41) is 11.5. The highest BCUT2D eigenvalue weighted by molar-refractivity contribution is 7.55. The third kappa shape index (κ3) is 11.6. The minimum atomic E-state index is -3.55. The normalized spacial score (nSPS) is 15.1. The highest BCUT2D eigenvalue weighted by Gasteiger charge is 2.52. The van der Waals surface area contributed by atoms with Crippen LogP contribution in [0.2, 0.25) is 5.04 Å². The average molecular weight is 711 g/mol. The van der Waals surface area contributed by atoms with Crippen LogP contribution >= 0.6 is 7.60 Å². The molecular formula is C39H55O8PSi. The van der Waals surface area contributed by atoms with E-state index in [1.54, 1.807) is 14.0 Å². The Morgan fingerprint density at radius 3 is 1.96 bits per heavy atom. The molecule has 0 bridgehead atoms. The third-order valence-electron chi connectivity index (χ3n) is 8.71. The van der Waals surface area contributed by atoms with Crippen molar-refractivity contribution in [2.75, 3.05) is 34.7 Å². The van der Waals surface area contributed by atoms with Crippen molar-refractivity contribution in [1.82, 2.24) is 0 Å². The summed E-state index contributed by atoms with van der Waals surface area (Å²) in [7, 11) is -2.47. The standard InChI is InChI=1S/C39H55O8PSi/c1-31(2)33(28-37(41)32(3)48(42,44-9)45-10)20-17-18-21-34(29-39(7,26-19-27-40)46-30-43-8)47-49(38(4,5)6,35-22-13-11-14-23-35)36-24-15-12-16-25-36/h11-16,22-25,32-34,40H,1,17,20,27-30H2,2-10H3/t32?,33-,34?,39?/m0/s1. The Labute approximate surface area is 295 Å². The molecule has 0 aliphatic rings. The topological polar surface area (TPSA) is 101 Å². The molecule has 0 aliphatic heterocycles. The van der Waals surface area contributed by atoms with Crippen LogP contribution in [0.15, 0.2) is 72.8 Å². The number of carbonyl (C=O) groups is 1. The van der Waals surface area contributed by atoms with E-state index in [4.69, 9.17) is 22.9 Å². The lowest BCUT2D eigenvalue weighted by Crippen LogP contribution is -2.67. The zero-order chi connectivity index (χ0) is 36.7. The van der Waals surface area contributed by atoms with Crippen LogP contribution in [0.1, 0.15) is 67.2 Å². The van der Waals surface area contributed by atoms with Gasteiger partial charge in [-0.15, -0.1) is 5.92 Å². The van der Waals surface area contributed by atoms with Crippen molar-refractivity contribution in [3.63, 3.8) is 0 Å². The number of hydrogen-bond acceptors (Lipinski definition) is 8. The fraction of sp³-hybridized carbons (Fsp3) is 0.513. The first-order chi connectivity index (χ1) is 23.1. The van der Waals surface area contributed by atoms with Crippen LogP contribution in [0, 0.1) is 29.6 Å². The van der Waals surface area contributed by atoms with Crippen LogP contribution in [0.4, 0.5) is 0 Å². The molecule has 268 valence electrons. The lowest BCUT2D eigenvalue weighted by atomic mass is 9.90. The summed E-state index contributed by atoms with van der Waals surface area (Å²) < 4.78 is 41.7. The van der Waals surface area contributed by atoms with Crippen LogP contribution in [0.5, 0.6) is 0 Å². The molecule has 3 unspecified atom stereocenters. The van der Waals surface area contributed by atoms with Crippen LogP contribution in [-0.2, 0) is 32.3 Å². The molecule has 4 atom stereocenters. The summed E-state index contributed by atoms with van der Waals surface area (Å²) in [5.74, 6) is 12.2. The first-order valence-corrected chi connectivity index (χ1v) is 20.0. The Balaban J connectivity index is 2.58. The summed E-state index contributed by atoms with van der Waals surface area (Å²) in [6.07, 6.45) is 0.837. The van der Waals surface area contributed by atoms with Crippen molar-refractivity contribution >= 4 is 32.1 Å². The van der Waals surface area contributed by atoms with E-state index in [9.17, 15) is 14.5 Å². The second-order valence-electron chi connectivity index (χ2n) is 13.4. The van der Waals surface area contributed by atoms with E-state index in [-0.39, 0.29) is 43.0 Å². The van der Waals surface area contributed by atoms with E-state index in [1.165, 1.54) is 14.2 Å². The molecular weight excluding hydrogens is 655 g/mol. The van der Waals surface area contributed by atoms with Gasteiger partial charge in [-0.05, 0) is 48.5 Å². The molecule has 8 nitrogen and oxygen atoms in total. The van der Waals surface area contributed by atoms with Crippen molar-refractivity contribution in [2.24, 2.45) is 5.92 Å². The first-order valence-electron chi connectivity index (χ1n) is 16.5. The van der Waals surface area contributed by atoms with E-state index >= 15 is 0 Å². The maximum absolute atomic E-state index is 13.1. The average Bonchev–Trinajstić information content (AvgIpc) is 3.09. The second-order valence-corrected chi connectivity index (χ2v) is 20.2. The molecule has 0 fully saturated rings. The molecule has 0 saturated heterocycles. The smallest absolute Gasteiger partial charge is 0.340 e. The Morgan fingerprint density at radius 1 is 0.959 bits per heavy atom. The van der Waals surface area contributed by atoms with Gasteiger partial charge in [0.05, 0.1) is 0 Å². The van der Waals surface area contributed by atoms with Gasteiger partial charge in [-0.1, -0.05) is 111 Å². The number of methoxy groups -OCH3 is 1. The van der Waals surface area contributed by atoms with Gasteiger partial charge in [0.25, 0.3) is 8.32 Å². The molecule has 2 aromatic carbocycles. The Kier molecular flexibility index (Phi) is 16.9. The number of ether oxygens (including phenoxy) is 2. The van der Waals surface area contributed by atoms with E-state index in [1.807, 2.05) is 50.2 Å². The molecule has 0 saturated carbocycles. The minimum Gasteiger partial charge on any atom is -0.394 e. The number of rotatable bonds is 18. The van der Waals surface area contributed by atoms with E-state index < -0.39 is 33.3 Å². The molecule has 0 radical (unpaired) electrons. The molecule has 0 aliphatic carbocycles. The lowest BCUT2D eigenvalue weighted by molar-refractivity contribution is -0.119. The maximum atomic E-state index is 13.1. The molecule has 0 spiro atoms. The Bertz CT molecular complexity index is 1470. The number of carbonyl (C=O) groups excluding carboxylic acids is 1. The van der Waals surface area contributed by atoms with E-state index in [2.05, 4.69) is 75.3 Å². The van der Waals surface area contributed by atoms with Gasteiger partial charge in [0.15, 0.2) is 0 Å². The SMILES string of the molecule is C=C(C)[C@@H](CCC#CC(CC(C)(C#CCO)OCOC)O[Si](c1ccccc1)(c1ccccc1)C(C)(C)C)CC(=O)C(C)P(=O)(OC)OC. The van der Waals surface area contributed by atoms with Crippen LogP contribution in [-0.4, -0.2) is 71.3 Å². The van der Waals surface area contributed by atoms with Gasteiger partial charge >= 0.3 is 7.60 Å². The fourth-order valence-corrected chi connectivity index (χ4v) is 11.7. The van der Waals surface area contributed by atoms with Crippen molar-refractivity contribution < 1.29 is 37.4 Å². The van der Waals surface area contributed by atoms with Crippen molar-refractivity contribution in [3.8, 4) is 23.7 Å². The number of Topliss-reactive ketones (excluding diaryl/α,β-unsaturated/α-hetero) is 1. The van der Waals surface area contributed by atoms with Crippen LogP contribution in [0.3, 0.4) is 0 Å². The van der Waals surface area contributed by atoms with Gasteiger partial charge in [-0.2, -0.15) is 0 Å². The summed E-state index contributed by atoms with van der Waals surface area (Å²) in [5.41, 5.74) is -1.10. The van der Waals surface area contributed by atoms with Crippen LogP contribution in [0.25, 0.3) is 0 Å².